The number of piperazine rings is 1. The van der Waals surface area contributed by atoms with E-state index in [9.17, 15) is 9.59 Å². The maximum Gasteiger partial charge on any atom is 0.325 e. The van der Waals surface area contributed by atoms with Crippen LogP contribution in [0.3, 0.4) is 0 Å². The third kappa shape index (κ3) is 3.18. The highest BCUT2D eigenvalue weighted by molar-refractivity contribution is 5.87. The molecule has 0 aromatic heterocycles. The van der Waals surface area contributed by atoms with Gasteiger partial charge in [-0.25, -0.2) is 0 Å². The van der Waals surface area contributed by atoms with Gasteiger partial charge in [0, 0.05) is 13.1 Å². The van der Waals surface area contributed by atoms with E-state index in [1.807, 2.05) is 0 Å². The quantitative estimate of drug-likeness (QED) is 0.606. The maximum absolute atomic E-state index is 11.6. The summed E-state index contributed by atoms with van der Waals surface area (Å²) in [5, 5.41) is 5.91. The molecule has 0 saturated carbocycles. The molecule has 0 aliphatic carbocycles. The van der Waals surface area contributed by atoms with Crippen LogP contribution in [0.5, 0.6) is 0 Å². The molecule has 1 heterocycles. The molecule has 1 rings (SSSR count). The molecule has 0 aromatic rings. The standard InChI is InChI=1S/C10H18N2O4/c1-3-15-9(13)7-8(10(14)16-4-2)12-6-5-11-7/h7-8,11-12H,3-6H2,1-2H3/t7-,8+. The maximum atomic E-state index is 11.6. The molecule has 1 aliphatic rings. The van der Waals surface area contributed by atoms with Crippen molar-refractivity contribution < 1.29 is 19.1 Å². The second-order valence-corrected chi connectivity index (χ2v) is 3.37. The van der Waals surface area contributed by atoms with E-state index >= 15 is 0 Å². The predicted octanol–water partition coefficient (Wildman–Crippen LogP) is -0.957. The zero-order chi connectivity index (χ0) is 12.0. The Morgan fingerprint density at radius 3 is 1.69 bits per heavy atom. The Morgan fingerprint density at radius 2 is 1.38 bits per heavy atom. The summed E-state index contributed by atoms with van der Waals surface area (Å²) in [5.74, 6) is -0.847. The Bertz CT molecular complexity index is 231. The molecule has 0 unspecified atom stereocenters. The molecule has 16 heavy (non-hydrogen) atoms. The molecular weight excluding hydrogens is 212 g/mol. The number of carbonyl (C=O) groups excluding carboxylic acids is 2. The highest BCUT2D eigenvalue weighted by atomic mass is 16.5. The van der Waals surface area contributed by atoms with Gasteiger partial charge in [0.15, 0.2) is 0 Å². The lowest BCUT2D eigenvalue weighted by molar-refractivity contribution is -0.155. The number of esters is 2. The molecule has 0 aromatic carbocycles. The largest absolute Gasteiger partial charge is 0.465 e. The van der Waals surface area contributed by atoms with Crippen LogP contribution < -0.4 is 10.6 Å². The third-order valence-corrected chi connectivity index (χ3v) is 2.27. The molecule has 6 heteroatoms. The van der Waals surface area contributed by atoms with Crippen LogP contribution in [0, 0.1) is 0 Å². The molecule has 92 valence electrons. The number of hydrogen-bond acceptors (Lipinski definition) is 6. The smallest absolute Gasteiger partial charge is 0.325 e. The normalized spacial score (nSPS) is 24.9. The SMILES string of the molecule is CCOC(=O)[C@H]1NCCN[C@H]1C(=O)OCC. The highest BCUT2D eigenvalue weighted by Crippen LogP contribution is 2.03. The number of hydrogen-bond donors (Lipinski definition) is 2. The summed E-state index contributed by atoms with van der Waals surface area (Å²) in [5.41, 5.74) is 0. The van der Waals surface area contributed by atoms with Gasteiger partial charge in [0.05, 0.1) is 13.2 Å². The van der Waals surface area contributed by atoms with E-state index in [0.717, 1.165) is 0 Å². The molecule has 2 atom stereocenters. The Morgan fingerprint density at radius 1 is 1.00 bits per heavy atom. The Balaban J connectivity index is 2.63. The van der Waals surface area contributed by atoms with Crippen molar-refractivity contribution in [1.29, 1.82) is 0 Å². The molecule has 0 radical (unpaired) electrons. The van der Waals surface area contributed by atoms with Crippen LogP contribution in [-0.4, -0.2) is 50.3 Å². The van der Waals surface area contributed by atoms with Crippen LogP contribution in [0.2, 0.25) is 0 Å². The molecule has 0 amide bonds. The van der Waals surface area contributed by atoms with Crippen LogP contribution in [0.25, 0.3) is 0 Å². The lowest BCUT2D eigenvalue weighted by Gasteiger charge is -2.30. The lowest BCUT2D eigenvalue weighted by atomic mass is 10.1. The van der Waals surface area contributed by atoms with Crippen molar-refractivity contribution in [3.8, 4) is 0 Å². The Hall–Kier alpha value is -1.14. The topological polar surface area (TPSA) is 76.7 Å². The first-order valence-electron chi connectivity index (χ1n) is 5.50. The van der Waals surface area contributed by atoms with Gasteiger partial charge in [0.25, 0.3) is 0 Å². The molecule has 6 nitrogen and oxygen atoms in total. The van der Waals surface area contributed by atoms with Gasteiger partial charge >= 0.3 is 11.9 Å². The van der Waals surface area contributed by atoms with E-state index in [2.05, 4.69) is 10.6 Å². The van der Waals surface area contributed by atoms with Crippen molar-refractivity contribution in [2.24, 2.45) is 0 Å². The fourth-order valence-electron chi connectivity index (χ4n) is 1.59. The van der Waals surface area contributed by atoms with E-state index in [4.69, 9.17) is 9.47 Å². The van der Waals surface area contributed by atoms with Crippen molar-refractivity contribution >= 4 is 11.9 Å². The Labute approximate surface area is 94.7 Å². The fourth-order valence-corrected chi connectivity index (χ4v) is 1.59. The van der Waals surface area contributed by atoms with Crippen molar-refractivity contribution in [1.82, 2.24) is 10.6 Å². The van der Waals surface area contributed by atoms with E-state index in [0.29, 0.717) is 26.3 Å². The van der Waals surface area contributed by atoms with Crippen LogP contribution in [0.1, 0.15) is 13.8 Å². The lowest BCUT2D eigenvalue weighted by Crippen LogP contribution is -2.63. The number of carbonyl (C=O) groups is 2. The second kappa shape index (κ2) is 6.44. The summed E-state index contributed by atoms with van der Waals surface area (Å²) >= 11 is 0. The van der Waals surface area contributed by atoms with Gasteiger partial charge < -0.3 is 20.1 Å². The van der Waals surface area contributed by atoms with Gasteiger partial charge in [0.1, 0.15) is 12.1 Å². The zero-order valence-electron chi connectivity index (χ0n) is 9.62. The number of rotatable bonds is 4. The molecular formula is C10H18N2O4. The van der Waals surface area contributed by atoms with E-state index in [1.165, 1.54) is 0 Å². The molecule has 0 bridgehead atoms. The molecule has 1 fully saturated rings. The average molecular weight is 230 g/mol. The first kappa shape index (κ1) is 12.9. The van der Waals surface area contributed by atoms with Gasteiger partial charge in [-0.1, -0.05) is 0 Å². The van der Waals surface area contributed by atoms with E-state index in [1.54, 1.807) is 13.8 Å². The number of nitrogens with one attached hydrogen (secondary N) is 2. The molecule has 1 saturated heterocycles. The van der Waals surface area contributed by atoms with Crippen molar-refractivity contribution in [2.75, 3.05) is 26.3 Å². The fraction of sp³-hybridized carbons (Fsp3) is 0.800. The number of ether oxygens (including phenoxy) is 2. The summed E-state index contributed by atoms with van der Waals surface area (Å²) < 4.78 is 9.78. The second-order valence-electron chi connectivity index (χ2n) is 3.37. The van der Waals surface area contributed by atoms with Gasteiger partial charge in [-0.2, -0.15) is 0 Å². The summed E-state index contributed by atoms with van der Waals surface area (Å²) in [7, 11) is 0. The summed E-state index contributed by atoms with van der Waals surface area (Å²) in [4.78, 5) is 23.2. The van der Waals surface area contributed by atoms with Crippen LogP contribution >= 0.6 is 0 Å². The van der Waals surface area contributed by atoms with Crippen molar-refractivity contribution in [3.05, 3.63) is 0 Å². The first-order chi connectivity index (χ1) is 7.70. The van der Waals surface area contributed by atoms with E-state index in [-0.39, 0.29) is 0 Å². The molecule has 2 N–H and O–H groups in total. The van der Waals surface area contributed by atoms with Gasteiger partial charge in [-0.3, -0.25) is 9.59 Å². The first-order valence-corrected chi connectivity index (χ1v) is 5.50. The van der Waals surface area contributed by atoms with Crippen LogP contribution in [0.4, 0.5) is 0 Å². The van der Waals surface area contributed by atoms with E-state index < -0.39 is 24.0 Å². The third-order valence-electron chi connectivity index (χ3n) is 2.27. The van der Waals surface area contributed by atoms with Crippen LogP contribution in [0.15, 0.2) is 0 Å². The van der Waals surface area contributed by atoms with Crippen molar-refractivity contribution in [2.45, 2.75) is 25.9 Å². The minimum Gasteiger partial charge on any atom is -0.465 e. The highest BCUT2D eigenvalue weighted by Gasteiger charge is 2.37. The van der Waals surface area contributed by atoms with Crippen molar-refractivity contribution in [3.63, 3.8) is 0 Å². The van der Waals surface area contributed by atoms with Gasteiger partial charge in [-0.05, 0) is 13.8 Å². The minimum absolute atomic E-state index is 0.298. The summed E-state index contributed by atoms with van der Waals surface area (Å²) in [6.45, 7) is 5.30. The minimum atomic E-state index is -0.659. The predicted molar refractivity (Wildman–Crippen MR) is 56.8 cm³/mol. The molecule has 1 aliphatic heterocycles. The monoisotopic (exact) mass is 230 g/mol. The zero-order valence-corrected chi connectivity index (χ0v) is 9.62. The van der Waals surface area contributed by atoms with Crippen LogP contribution in [-0.2, 0) is 19.1 Å². The van der Waals surface area contributed by atoms with Gasteiger partial charge in [-0.15, -0.1) is 0 Å². The molecule has 0 spiro atoms. The Kier molecular flexibility index (Phi) is 5.21. The summed E-state index contributed by atoms with van der Waals surface area (Å²) in [6.07, 6.45) is 0. The summed E-state index contributed by atoms with van der Waals surface area (Å²) in [6, 6.07) is -1.32. The average Bonchev–Trinajstić information content (AvgIpc) is 2.30. The van der Waals surface area contributed by atoms with Gasteiger partial charge in [0.2, 0.25) is 0 Å².